The highest BCUT2D eigenvalue weighted by Crippen LogP contribution is 2.28. The van der Waals surface area contributed by atoms with Gasteiger partial charge >= 0.3 is 0 Å². The number of carbonyl (C=O) groups excluding carboxylic acids is 1. The fourth-order valence-electron chi connectivity index (χ4n) is 3.65. The fraction of sp³-hybridized carbons (Fsp3) is 0.320. The summed E-state index contributed by atoms with van der Waals surface area (Å²) in [6.45, 7) is 10.8. The highest BCUT2D eigenvalue weighted by molar-refractivity contribution is 6.02. The maximum atomic E-state index is 12.6. The Morgan fingerprint density at radius 1 is 0.828 bits per heavy atom. The van der Waals surface area contributed by atoms with Crippen molar-refractivity contribution in [3.63, 3.8) is 0 Å². The number of carbonyl (C=O) groups is 1. The number of hydrogen-bond donors (Lipinski definition) is 1. The van der Waals surface area contributed by atoms with Crippen LogP contribution >= 0.6 is 0 Å². The molecule has 3 aromatic rings. The third-order valence-electron chi connectivity index (χ3n) is 6.03. The minimum atomic E-state index is -0.237. The van der Waals surface area contributed by atoms with E-state index in [0.717, 1.165) is 17.1 Å². The minimum Gasteiger partial charge on any atom is -0.456 e. The lowest BCUT2D eigenvalue weighted by Gasteiger charge is -2.18. The van der Waals surface area contributed by atoms with E-state index in [1.54, 1.807) is 6.07 Å². The zero-order valence-corrected chi connectivity index (χ0v) is 18.4. The van der Waals surface area contributed by atoms with E-state index in [1.807, 2.05) is 49.3 Å². The molecule has 0 aliphatic carbocycles. The van der Waals surface area contributed by atoms with Gasteiger partial charge in [-0.1, -0.05) is 0 Å². The Hall–Kier alpha value is -3.01. The molecule has 152 valence electrons. The molecule has 1 amide bonds. The third-order valence-corrected chi connectivity index (χ3v) is 6.03. The average molecular weight is 391 g/mol. The molecule has 0 aliphatic heterocycles. The third kappa shape index (κ3) is 4.21. The van der Waals surface area contributed by atoms with E-state index in [1.165, 1.54) is 33.4 Å². The van der Waals surface area contributed by atoms with Gasteiger partial charge in [-0.15, -0.1) is 0 Å². The van der Waals surface area contributed by atoms with Gasteiger partial charge in [0.1, 0.15) is 5.76 Å². The van der Waals surface area contributed by atoms with Gasteiger partial charge in [-0.05, 0) is 104 Å². The van der Waals surface area contributed by atoms with Crippen LogP contribution < -0.4 is 10.2 Å². The van der Waals surface area contributed by atoms with Crippen LogP contribution in [0.25, 0.3) is 0 Å². The first kappa shape index (κ1) is 20.7. The van der Waals surface area contributed by atoms with Crippen LogP contribution in [0.2, 0.25) is 0 Å². The molecule has 29 heavy (non-hydrogen) atoms. The Morgan fingerprint density at radius 2 is 1.38 bits per heavy atom. The van der Waals surface area contributed by atoms with Crippen LogP contribution in [-0.4, -0.2) is 20.0 Å². The van der Waals surface area contributed by atoms with Crippen molar-refractivity contribution in [2.24, 2.45) is 0 Å². The molecule has 0 aliphatic rings. The van der Waals surface area contributed by atoms with E-state index in [2.05, 4.69) is 39.9 Å². The Balaban J connectivity index is 1.77. The topological polar surface area (TPSA) is 45.5 Å². The number of nitrogens with zero attached hydrogens (tertiary/aromatic N) is 1. The molecule has 0 saturated heterocycles. The van der Waals surface area contributed by atoms with Crippen molar-refractivity contribution in [3.05, 3.63) is 81.3 Å². The molecule has 2 aromatic carbocycles. The summed E-state index contributed by atoms with van der Waals surface area (Å²) in [6, 6.07) is 11.4. The molecule has 0 unspecified atom stereocenters. The van der Waals surface area contributed by atoms with Crippen molar-refractivity contribution >= 4 is 17.3 Å². The van der Waals surface area contributed by atoms with E-state index in [0.29, 0.717) is 12.2 Å². The zero-order chi connectivity index (χ0) is 21.3. The van der Waals surface area contributed by atoms with Gasteiger partial charge in [0.05, 0.1) is 0 Å². The van der Waals surface area contributed by atoms with E-state index < -0.39 is 0 Å². The van der Waals surface area contributed by atoms with Gasteiger partial charge in [0, 0.05) is 31.9 Å². The lowest BCUT2D eigenvalue weighted by atomic mass is 9.88. The van der Waals surface area contributed by atoms with Crippen molar-refractivity contribution in [1.82, 2.24) is 0 Å². The number of anilines is 2. The van der Waals surface area contributed by atoms with Gasteiger partial charge in [0.2, 0.25) is 0 Å². The summed E-state index contributed by atoms with van der Waals surface area (Å²) >= 11 is 0. The molecule has 0 atom stereocenters. The van der Waals surface area contributed by atoms with Crippen LogP contribution in [0, 0.1) is 34.6 Å². The van der Waals surface area contributed by atoms with Crippen molar-refractivity contribution in [2.45, 2.75) is 41.0 Å². The number of rotatable bonds is 5. The number of hydrogen-bond acceptors (Lipinski definition) is 3. The normalized spacial score (nSPS) is 10.9. The van der Waals surface area contributed by atoms with Crippen LogP contribution in [0.1, 0.15) is 49.7 Å². The molecule has 1 aromatic heterocycles. The molecule has 4 nitrogen and oxygen atoms in total. The van der Waals surface area contributed by atoms with Crippen LogP contribution in [0.4, 0.5) is 11.4 Å². The standard InChI is InChI=1S/C25H30N2O2/c1-15-16(2)18(4)23(19(5)17(15)3)14-22-12-13-24(29-22)25(28)26-20-8-10-21(11-9-20)27(6)7/h8-13H,14H2,1-7H3,(H,26,28). The van der Waals surface area contributed by atoms with Crippen LogP contribution in [0.15, 0.2) is 40.8 Å². The van der Waals surface area contributed by atoms with Crippen molar-refractivity contribution < 1.29 is 9.21 Å². The quantitative estimate of drug-likeness (QED) is 0.605. The van der Waals surface area contributed by atoms with Crippen LogP contribution in [-0.2, 0) is 6.42 Å². The van der Waals surface area contributed by atoms with Crippen molar-refractivity contribution in [1.29, 1.82) is 0 Å². The molecule has 4 heteroatoms. The maximum absolute atomic E-state index is 12.6. The van der Waals surface area contributed by atoms with Gasteiger partial charge in [0.15, 0.2) is 5.76 Å². The predicted molar refractivity (Wildman–Crippen MR) is 120 cm³/mol. The largest absolute Gasteiger partial charge is 0.456 e. The van der Waals surface area contributed by atoms with Crippen molar-refractivity contribution in [3.8, 4) is 0 Å². The Bertz CT molecular complexity index is 1010. The second-order valence-electron chi connectivity index (χ2n) is 7.94. The lowest BCUT2D eigenvalue weighted by molar-refractivity contribution is 0.0995. The summed E-state index contributed by atoms with van der Waals surface area (Å²) in [4.78, 5) is 14.6. The summed E-state index contributed by atoms with van der Waals surface area (Å²) in [7, 11) is 3.97. The Labute approximate surface area is 173 Å². The molecule has 1 N–H and O–H groups in total. The summed E-state index contributed by atoms with van der Waals surface area (Å²) < 4.78 is 5.88. The fourth-order valence-corrected chi connectivity index (χ4v) is 3.65. The molecule has 0 radical (unpaired) electrons. The van der Waals surface area contributed by atoms with Crippen molar-refractivity contribution in [2.75, 3.05) is 24.3 Å². The highest BCUT2D eigenvalue weighted by Gasteiger charge is 2.16. The summed E-state index contributed by atoms with van der Waals surface area (Å²) in [5.41, 5.74) is 9.72. The van der Waals surface area contributed by atoms with E-state index in [4.69, 9.17) is 4.42 Å². The highest BCUT2D eigenvalue weighted by atomic mass is 16.3. The number of benzene rings is 2. The van der Waals surface area contributed by atoms with Gasteiger partial charge in [-0.2, -0.15) is 0 Å². The van der Waals surface area contributed by atoms with E-state index in [-0.39, 0.29) is 5.91 Å². The SMILES string of the molecule is Cc1c(C)c(C)c(Cc2ccc(C(=O)Nc3ccc(N(C)C)cc3)o2)c(C)c1C. The van der Waals surface area contributed by atoms with E-state index in [9.17, 15) is 4.79 Å². The first-order valence-corrected chi connectivity index (χ1v) is 9.92. The molecule has 3 rings (SSSR count). The first-order valence-electron chi connectivity index (χ1n) is 9.92. The predicted octanol–water partition coefficient (Wildman–Crippen LogP) is 5.73. The summed E-state index contributed by atoms with van der Waals surface area (Å²) in [5.74, 6) is 0.887. The number of furan rings is 1. The average Bonchev–Trinajstić information content (AvgIpc) is 3.17. The molecule has 0 bridgehead atoms. The first-order chi connectivity index (χ1) is 13.7. The molecule has 0 fully saturated rings. The number of nitrogens with one attached hydrogen (secondary N) is 1. The molecule has 0 spiro atoms. The monoisotopic (exact) mass is 390 g/mol. The smallest absolute Gasteiger partial charge is 0.291 e. The minimum absolute atomic E-state index is 0.237. The van der Waals surface area contributed by atoms with Gasteiger partial charge in [-0.25, -0.2) is 0 Å². The second-order valence-corrected chi connectivity index (χ2v) is 7.94. The van der Waals surface area contributed by atoms with Crippen LogP contribution in [0.5, 0.6) is 0 Å². The maximum Gasteiger partial charge on any atom is 0.291 e. The summed E-state index contributed by atoms with van der Waals surface area (Å²) in [6.07, 6.45) is 0.685. The number of amides is 1. The Kier molecular flexibility index (Phi) is 5.83. The van der Waals surface area contributed by atoms with Gasteiger partial charge in [0.25, 0.3) is 5.91 Å². The summed E-state index contributed by atoms with van der Waals surface area (Å²) in [5, 5.41) is 2.90. The van der Waals surface area contributed by atoms with Crippen LogP contribution in [0.3, 0.4) is 0 Å². The zero-order valence-electron chi connectivity index (χ0n) is 18.4. The molecular formula is C25H30N2O2. The lowest BCUT2D eigenvalue weighted by Crippen LogP contribution is -2.12. The molecular weight excluding hydrogens is 360 g/mol. The molecule has 1 heterocycles. The van der Waals surface area contributed by atoms with Gasteiger partial charge < -0.3 is 14.6 Å². The second kappa shape index (κ2) is 8.16. The van der Waals surface area contributed by atoms with E-state index >= 15 is 0 Å². The Morgan fingerprint density at radius 3 is 1.93 bits per heavy atom. The molecule has 0 saturated carbocycles. The van der Waals surface area contributed by atoms with Gasteiger partial charge in [-0.3, -0.25) is 4.79 Å².